The molecule has 1 aliphatic rings. The van der Waals surface area contributed by atoms with Gasteiger partial charge in [-0.1, -0.05) is 39.6 Å². The Balaban J connectivity index is 1.89. The van der Waals surface area contributed by atoms with Crippen LogP contribution in [0.15, 0.2) is 5.16 Å². The van der Waals surface area contributed by atoms with Crippen LogP contribution in [0.4, 0.5) is 0 Å². The Bertz CT molecular complexity index is 182. The van der Waals surface area contributed by atoms with Gasteiger partial charge in [0.2, 0.25) is 0 Å². The molecular formula is C9H18N2OS2. The van der Waals surface area contributed by atoms with Crippen LogP contribution >= 0.6 is 21.6 Å². The summed E-state index contributed by atoms with van der Waals surface area (Å²) >= 11 is 0. The van der Waals surface area contributed by atoms with Crippen LogP contribution < -0.4 is 5.73 Å². The second kappa shape index (κ2) is 7.29. The smallest absolute Gasteiger partial charge is 0.139 e. The van der Waals surface area contributed by atoms with E-state index in [-0.39, 0.29) is 0 Å². The molecule has 82 valence electrons. The molecule has 1 atom stereocenters. The number of hydrogen-bond donors (Lipinski definition) is 2. The van der Waals surface area contributed by atoms with Crippen molar-refractivity contribution in [3.05, 3.63) is 0 Å². The van der Waals surface area contributed by atoms with Crippen molar-refractivity contribution in [1.29, 1.82) is 0 Å². The van der Waals surface area contributed by atoms with E-state index in [1.54, 1.807) is 0 Å². The second-order valence-electron chi connectivity index (χ2n) is 3.52. The molecule has 0 spiro atoms. The molecule has 0 aromatic heterocycles. The van der Waals surface area contributed by atoms with Gasteiger partial charge in [0.05, 0.1) is 0 Å². The summed E-state index contributed by atoms with van der Waals surface area (Å²) in [6, 6.07) is 0. The van der Waals surface area contributed by atoms with E-state index < -0.39 is 0 Å². The maximum absolute atomic E-state index is 8.32. The normalized spacial score (nSPS) is 22.9. The van der Waals surface area contributed by atoms with Crippen LogP contribution in [0.1, 0.15) is 38.5 Å². The lowest BCUT2D eigenvalue weighted by atomic mass is 10.1. The third-order valence-corrected chi connectivity index (χ3v) is 5.32. The van der Waals surface area contributed by atoms with Gasteiger partial charge < -0.3 is 10.9 Å². The first-order valence-corrected chi connectivity index (χ1v) is 7.46. The Labute approximate surface area is 93.3 Å². The molecule has 5 heteroatoms. The van der Waals surface area contributed by atoms with E-state index >= 15 is 0 Å². The first kappa shape index (κ1) is 12.0. The first-order chi connectivity index (χ1) is 6.83. The SMILES string of the molecule is N/C(CCCCCC1CCSS1)=N\O. The van der Waals surface area contributed by atoms with Gasteiger partial charge in [0.25, 0.3) is 0 Å². The van der Waals surface area contributed by atoms with Gasteiger partial charge in [-0.05, 0) is 19.3 Å². The minimum atomic E-state index is 0.357. The highest BCUT2D eigenvalue weighted by Gasteiger charge is 2.15. The van der Waals surface area contributed by atoms with E-state index in [9.17, 15) is 0 Å². The van der Waals surface area contributed by atoms with Crippen molar-refractivity contribution in [3.8, 4) is 0 Å². The minimum Gasteiger partial charge on any atom is -0.409 e. The predicted octanol–water partition coefficient (Wildman–Crippen LogP) is 2.84. The van der Waals surface area contributed by atoms with Gasteiger partial charge in [-0.3, -0.25) is 0 Å². The fraction of sp³-hybridized carbons (Fsp3) is 0.889. The van der Waals surface area contributed by atoms with Crippen molar-refractivity contribution in [2.24, 2.45) is 10.9 Å². The molecule has 0 amide bonds. The first-order valence-electron chi connectivity index (χ1n) is 5.07. The second-order valence-corrected chi connectivity index (χ2v) is 6.31. The summed E-state index contributed by atoms with van der Waals surface area (Å²) in [4.78, 5) is 0. The highest BCUT2D eigenvalue weighted by atomic mass is 33.1. The third-order valence-electron chi connectivity index (χ3n) is 2.31. The Morgan fingerprint density at radius 3 is 2.93 bits per heavy atom. The van der Waals surface area contributed by atoms with Crippen LogP contribution in [-0.2, 0) is 0 Å². The summed E-state index contributed by atoms with van der Waals surface area (Å²) in [5, 5.41) is 12.1. The highest BCUT2D eigenvalue weighted by Crippen LogP contribution is 2.39. The molecule has 14 heavy (non-hydrogen) atoms. The molecule has 1 fully saturated rings. The number of hydrogen-bond acceptors (Lipinski definition) is 4. The molecule has 1 rings (SSSR count). The molecule has 1 saturated heterocycles. The van der Waals surface area contributed by atoms with Crippen LogP contribution in [0.2, 0.25) is 0 Å². The summed E-state index contributed by atoms with van der Waals surface area (Å²) in [5.74, 6) is 1.68. The zero-order chi connectivity index (χ0) is 10.2. The summed E-state index contributed by atoms with van der Waals surface area (Å²) in [6.07, 6.45) is 6.93. The number of unbranched alkanes of at least 4 members (excludes halogenated alkanes) is 2. The quantitative estimate of drug-likeness (QED) is 0.185. The van der Waals surface area contributed by atoms with E-state index in [0.29, 0.717) is 5.84 Å². The van der Waals surface area contributed by atoms with Crippen molar-refractivity contribution in [3.63, 3.8) is 0 Å². The zero-order valence-corrected chi connectivity index (χ0v) is 9.95. The topological polar surface area (TPSA) is 58.6 Å². The van der Waals surface area contributed by atoms with E-state index in [0.717, 1.165) is 18.1 Å². The maximum atomic E-state index is 8.32. The molecule has 1 heterocycles. The standard InChI is InChI=1S/C9H18N2OS2/c10-9(11-12)5-3-1-2-4-8-6-7-13-14-8/h8,12H,1-7H2,(H2,10,11). The third kappa shape index (κ3) is 5.00. The van der Waals surface area contributed by atoms with Crippen LogP contribution in [-0.4, -0.2) is 22.0 Å². The molecule has 1 aliphatic heterocycles. The van der Waals surface area contributed by atoms with Crippen molar-refractivity contribution in [2.45, 2.75) is 43.8 Å². The molecule has 1 unspecified atom stereocenters. The number of nitrogens with zero attached hydrogens (tertiary/aromatic N) is 1. The fourth-order valence-electron chi connectivity index (χ4n) is 1.47. The number of nitrogens with two attached hydrogens (primary N) is 1. The van der Waals surface area contributed by atoms with Crippen molar-refractivity contribution < 1.29 is 5.21 Å². The van der Waals surface area contributed by atoms with Crippen molar-refractivity contribution in [2.75, 3.05) is 5.75 Å². The Morgan fingerprint density at radius 1 is 1.43 bits per heavy atom. The van der Waals surface area contributed by atoms with E-state index in [4.69, 9.17) is 10.9 Å². The lowest BCUT2D eigenvalue weighted by Crippen LogP contribution is -2.10. The number of oxime groups is 1. The molecule has 0 aliphatic carbocycles. The average Bonchev–Trinajstić information content (AvgIpc) is 2.69. The zero-order valence-electron chi connectivity index (χ0n) is 8.32. The van der Waals surface area contributed by atoms with E-state index in [1.165, 1.54) is 31.4 Å². The van der Waals surface area contributed by atoms with E-state index in [2.05, 4.69) is 5.16 Å². The van der Waals surface area contributed by atoms with Gasteiger partial charge in [-0.25, -0.2) is 0 Å². The maximum Gasteiger partial charge on any atom is 0.139 e. The molecule has 0 bridgehead atoms. The highest BCUT2D eigenvalue weighted by molar-refractivity contribution is 8.77. The van der Waals surface area contributed by atoms with Crippen molar-refractivity contribution >= 4 is 27.4 Å². The predicted molar refractivity (Wildman–Crippen MR) is 64.9 cm³/mol. The van der Waals surface area contributed by atoms with Crippen molar-refractivity contribution in [1.82, 2.24) is 0 Å². The van der Waals surface area contributed by atoms with Gasteiger partial charge in [0.1, 0.15) is 5.84 Å². The van der Waals surface area contributed by atoms with Gasteiger partial charge in [-0.15, -0.1) is 0 Å². The number of rotatable bonds is 6. The molecule has 0 radical (unpaired) electrons. The van der Waals surface area contributed by atoms with Crippen LogP contribution in [0, 0.1) is 0 Å². The minimum absolute atomic E-state index is 0.357. The molecule has 3 N–H and O–H groups in total. The van der Waals surface area contributed by atoms with E-state index in [1.807, 2.05) is 21.6 Å². The Morgan fingerprint density at radius 2 is 2.29 bits per heavy atom. The molecule has 0 aromatic carbocycles. The summed E-state index contributed by atoms with van der Waals surface area (Å²) in [7, 11) is 4.04. The summed E-state index contributed by atoms with van der Waals surface area (Å²) < 4.78 is 0. The van der Waals surface area contributed by atoms with Gasteiger partial charge in [0, 0.05) is 17.4 Å². The number of amidine groups is 1. The Hall–Kier alpha value is -0.0300. The molecule has 3 nitrogen and oxygen atoms in total. The van der Waals surface area contributed by atoms with Gasteiger partial charge in [-0.2, -0.15) is 0 Å². The molecule has 0 aromatic rings. The largest absolute Gasteiger partial charge is 0.409 e. The summed E-state index contributed by atoms with van der Waals surface area (Å²) in [5.41, 5.74) is 5.37. The van der Waals surface area contributed by atoms with Gasteiger partial charge in [0.15, 0.2) is 0 Å². The lowest BCUT2D eigenvalue weighted by Gasteiger charge is -2.06. The Kier molecular flexibility index (Phi) is 6.27. The van der Waals surface area contributed by atoms with Crippen LogP contribution in [0.3, 0.4) is 0 Å². The van der Waals surface area contributed by atoms with Crippen LogP contribution in [0.25, 0.3) is 0 Å². The van der Waals surface area contributed by atoms with Crippen LogP contribution in [0.5, 0.6) is 0 Å². The lowest BCUT2D eigenvalue weighted by molar-refractivity contribution is 0.316. The molecule has 0 saturated carbocycles. The summed E-state index contributed by atoms with van der Waals surface area (Å²) in [6.45, 7) is 0. The fourth-order valence-corrected chi connectivity index (χ4v) is 4.50. The van der Waals surface area contributed by atoms with Gasteiger partial charge >= 0.3 is 0 Å². The monoisotopic (exact) mass is 234 g/mol. The molecular weight excluding hydrogens is 216 g/mol. The average molecular weight is 234 g/mol.